The lowest BCUT2D eigenvalue weighted by atomic mass is 10.1. The number of hydrogen-bond acceptors (Lipinski definition) is 3. The number of nitrogens with zero attached hydrogens (tertiary/aromatic N) is 1. The van der Waals surface area contributed by atoms with E-state index in [0.29, 0.717) is 12.0 Å². The number of ether oxygens (including phenoxy) is 1. The highest BCUT2D eigenvalue weighted by atomic mass is 79.9. The molecule has 1 heterocycles. The molecule has 1 aromatic carbocycles. The summed E-state index contributed by atoms with van der Waals surface area (Å²) in [5, 5.41) is 3.61. The van der Waals surface area contributed by atoms with Gasteiger partial charge >= 0.3 is 0 Å². The molecule has 1 fully saturated rings. The number of rotatable bonds is 7. The van der Waals surface area contributed by atoms with E-state index < -0.39 is 0 Å². The molecule has 1 aliphatic heterocycles. The van der Waals surface area contributed by atoms with E-state index >= 15 is 0 Å². The molecule has 1 aromatic rings. The molecule has 0 spiro atoms. The Morgan fingerprint density at radius 1 is 1.43 bits per heavy atom. The highest BCUT2D eigenvalue weighted by Gasteiger charge is 2.19. The zero-order valence-electron chi connectivity index (χ0n) is 13.4. The van der Waals surface area contributed by atoms with Crippen LogP contribution < -0.4 is 10.1 Å². The lowest BCUT2D eigenvalue weighted by Gasteiger charge is -2.28. The van der Waals surface area contributed by atoms with Gasteiger partial charge in [-0.1, -0.05) is 29.8 Å². The maximum Gasteiger partial charge on any atom is 0.119 e. The first-order chi connectivity index (χ1) is 10.1. The molecular weight excluding hydrogens is 328 g/mol. The average molecular weight is 355 g/mol. The lowest BCUT2D eigenvalue weighted by molar-refractivity contribution is 0.215. The summed E-state index contributed by atoms with van der Waals surface area (Å²) in [6.45, 7) is 8.96. The number of halogens is 1. The normalized spacial score (nSPS) is 18.7. The largest absolute Gasteiger partial charge is 0.497 e. The maximum atomic E-state index is 5.35. The van der Waals surface area contributed by atoms with Gasteiger partial charge in [0.25, 0.3) is 0 Å². The van der Waals surface area contributed by atoms with Crippen molar-refractivity contribution in [3.05, 3.63) is 28.2 Å². The molecule has 3 nitrogen and oxygen atoms in total. The highest BCUT2D eigenvalue weighted by molar-refractivity contribution is 9.10. The van der Waals surface area contributed by atoms with Gasteiger partial charge in [-0.25, -0.2) is 0 Å². The molecule has 1 aliphatic rings. The number of nitrogens with one attached hydrogen (secondary N) is 1. The first kappa shape index (κ1) is 16.8. The van der Waals surface area contributed by atoms with Gasteiger partial charge in [-0.2, -0.15) is 0 Å². The van der Waals surface area contributed by atoms with Gasteiger partial charge in [0.05, 0.1) is 7.11 Å². The Bertz CT molecular complexity index is 444. The molecule has 0 bridgehead atoms. The highest BCUT2D eigenvalue weighted by Crippen LogP contribution is 2.24. The second-order valence-corrected chi connectivity index (χ2v) is 7.19. The lowest BCUT2D eigenvalue weighted by Crippen LogP contribution is -2.39. The Labute approximate surface area is 137 Å². The van der Waals surface area contributed by atoms with Crippen LogP contribution in [0.3, 0.4) is 0 Å². The predicted molar refractivity (Wildman–Crippen MR) is 91.8 cm³/mol. The second-order valence-electron chi connectivity index (χ2n) is 6.34. The van der Waals surface area contributed by atoms with Gasteiger partial charge in [0.15, 0.2) is 0 Å². The van der Waals surface area contributed by atoms with E-state index in [9.17, 15) is 0 Å². The van der Waals surface area contributed by atoms with E-state index in [1.165, 1.54) is 24.9 Å². The summed E-state index contributed by atoms with van der Waals surface area (Å²) in [5.74, 6) is 1.60. The quantitative estimate of drug-likeness (QED) is 0.808. The third-order valence-corrected chi connectivity index (χ3v) is 4.68. The van der Waals surface area contributed by atoms with Crippen LogP contribution in [0.25, 0.3) is 0 Å². The number of hydrogen-bond donors (Lipinski definition) is 1. The van der Waals surface area contributed by atoms with Gasteiger partial charge < -0.3 is 10.1 Å². The topological polar surface area (TPSA) is 24.5 Å². The van der Waals surface area contributed by atoms with Crippen LogP contribution in [0.15, 0.2) is 22.7 Å². The van der Waals surface area contributed by atoms with Crippen molar-refractivity contribution in [2.75, 3.05) is 26.7 Å². The molecular formula is C17H27BrN2O. The van der Waals surface area contributed by atoms with Gasteiger partial charge in [0, 0.05) is 30.1 Å². The molecule has 21 heavy (non-hydrogen) atoms. The molecule has 0 aliphatic carbocycles. The number of methoxy groups -OCH3 is 1. The van der Waals surface area contributed by atoms with E-state index in [4.69, 9.17) is 4.74 Å². The summed E-state index contributed by atoms with van der Waals surface area (Å²) in [6, 6.07) is 6.86. The zero-order chi connectivity index (χ0) is 15.2. The van der Waals surface area contributed by atoms with Crippen molar-refractivity contribution >= 4 is 15.9 Å². The van der Waals surface area contributed by atoms with Crippen molar-refractivity contribution in [1.82, 2.24) is 10.2 Å². The van der Waals surface area contributed by atoms with Crippen LogP contribution in [-0.4, -0.2) is 37.7 Å². The molecule has 118 valence electrons. The van der Waals surface area contributed by atoms with Crippen molar-refractivity contribution in [3.8, 4) is 5.75 Å². The minimum absolute atomic E-state index is 0.646. The SMILES string of the molecule is COc1ccc(Br)c(CN(CC(C)C)CC2CCCN2)c1. The van der Waals surface area contributed by atoms with E-state index in [1.54, 1.807) is 7.11 Å². The van der Waals surface area contributed by atoms with Crippen molar-refractivity contribution < 1.29 is 4.74 Å². The van der Waals surface area contributed by atoms with Crippen LogP contribution in [0.5, 0.6) is 5.75 Å². The van der Waals surface area contributed by atoms with Crippen LogP contribution in [0.2, 0.25) is 0 Å². The smallest absolute Gasteiger partial charge is 0.119 e. The summed E-state index contributed by atoms with van der Waals surface area (Å²) < 4.78 is 6.52. The van der Waals surface area contributed by atoms with E-state index in [2.05, 4.69) is 52.1 Å². The molecule has 1 N–H and O–H groups in total. The van der Waals surface area contributed by atoms with E-state index in [-0.39, 0.29) is 0 Å². The Balaban J connectivity index is 2.05. The van der Waals surface area contributed by atoms with Crippen LogP contribution in [-0.2, 0) is 6.54 Å². The van der Waals surface area contributed by atoms with E-state index in [1.807, 2.05) is 6.07 Å². The fraction of sp³-hybridized carbons (Fsp3) is 0.647. The average Bonchev–Trinajstić information content (AvgIpc) is 2.93. The number of benzene rings is 1. The Hall–Kier alpha value is -0.580. The van der Waals surface area contributed by atoms with Crippen LogP contribution in [0.1, 0.15) is 32.3 Å². The summed E-state index contributed by atoms with van der Waals surface area (Å²) in [6.07, 6.45) is 2.61. The van der Waals surface area contributed by atoms with E-state index in [0.717, 1.165) is 29.9 Å². The third-order valence-electron chi connectivity index (χ3n) is 3.91. The zero-order valence-corrected chi connectivity index (χ0v) is 14.9. The maximum absolute atomic E-state index is 5.35. The fourth-order valence-corrected chi connectivity index (χ4v) is 3.36. The first-order valence-electron chi connectivity index (χ1n) is 7.86. The molecule has 1 unspecified atom stereocenters. The molecule has 0 radical (unpaired) electrons. The fourth-order valence-electron chi connectivity index (χ4n) is 2.98. The van der Waals surface area contributed by atoms with Gasteiger partial charge in [0.1, 0.15) is 5.75 Å². The van der Waals surface area contributed by atoms with Crippen LogP contribution in [0, 0.1) is 5.92 Å². The monoisotopic (exact) mass is 354 g/mol. The summed E-state index contributed by atoms with van der Waals surface area (Å²) in [5.41, 5.74) is 1.30. The Morgan fingerprint density at radius 2 is 2.24 bits per heavy atom. The molecule has 1 saturated heterocycles. The summed E-state index contributed by atoms with van der Waals surface area (Å²) in [7, 11) is 1.72. The van der Waals surface area contributed by atoms with Crippen LogP contribution >= 0.6 is 15.9 Å². The summed E-state index contributed by atoms with van der Waals surface area (Å²) >= 11 is 3.67. The van der Waals surface area contributed by atoms with Crippen molar-refractivity contribution in [3.63, 3.8) is 0 Å². The molecule has 1 atom stereocenters. The minimum atomic E-state index is 0.646. The molecule has 2 rings (SSSR count). The summed E-state index contributed by atoms with van der Waals surface area (Å²) in [4.78, 5) is 2.56. The minimum Gasteiger partial charge on any atom is -0.497 e. The standard InChI is InChI=1S/C17H27BrN2O/c1-13(2)10-20(12-15-5-4-8-19-15)11-14-9-16(21-3)6-7-17(14)18/h6-7,9,13,15,19H,4-5,8,10-12H2,1-3H3. The first-order valence-corrected chi connectivity index (χ1v) is 8.66. The van der Waals surface area contributed by atoms with Gasteiger partial charge in [-0.3, -0.25) is 4.90 Å². The molecule has 0 amide bonds. The second kappa shape index (κ2) is 8.16. The van der Waals surface area contributed by atoms with Crippen molar-refractivity contribution in [2.24, 2.45) is 5.92 Å². The molecule has 0 saturated carbocycles. The van der Waals surface area contributed by atoms with Crippen molar-refractivity contribution in [2.45, 2.75) is 39.3 Å². The van der Waals surface area contributed by atoms with Crippen LogP contribution in [0.4, 0.5) is 0 Å². The van der Waals surface area contributed by atoms with Crippen molar-refractivity contribution in [1.29, 1.82) is 0 Å². The molecule has 4 heteroatoms. The molecule has 0 aromatic heterocycles. The predicted octanol–water partition coefficient (Wildman–Crippen LogP) is 3.67. The van der Waals surface area contributed by atoms with Gasteiger partial charge in [-0.15, -0.1) is 0 Å². The third kappa shape index (κ3) is 5.28. The van der Waals surface area contributed by atoms with Gasteiger partial charge in [0.2, 0.25) is 0 Å². The Kier molecular flexibility index (Phi) is 6.52. The Morgan fingerprint density at radius 3 is 2.86 bits per heavy atom. The van der Waals surface area contributed by atoms with Gasteiger partial charge in [-0.05, 0) is 49.1 Å².